The molecule has 1 aromatic heterocycles. The molecule has 0 radical (unpaired) electrons. The Balaban J connectivity index is 1.76. The summed E-state index contributed by atoms with van der Waals surface area (Å²) in [5, 5.41) is 5.41. The molecule has 1 heterocycles. The van der Waals surface area contributed by atoms with Crippen molar-refractivity contribution in [1.29, 1.82) is 0 Å². The van der Waals surface area contributed by atoms with Crippen molar-refractivity contribution in [1.82, 2.24) is 4.90 Å². The highest BCUT2D eigenvalue weighted by Gasteiger charge is 2.24. The van der Waals surface area contributed by atoms with Gasteiger partial charge >= 0.3 is 5.97 Å². The summed E-state index contributed by atoms with van der Waals surface area (Å²) < 4.78 is 5.25. The maximum absolute atomic E-state index is 12.6. The number of rotatable bonds is 7. The van der Waals surface area contributed by atoms with Crippen molar-refractivity contribution in [3.63, 3.8) is 0 Å². The number of amides is 1. The number of carbonyl (C=O) groups excluding carboxylic acids is 2. The van der Waals surface area contributed by atoms with Gasteiger partial charge in [0.15, 0.2) is 0 Å². The van der Waals surface area contributed by atoms with E-state index in [1.165, 1.54) is 30.6 Å². The van der Waals surface area contributed by atoms with E-state index in [1.807, 2.05) is 42.8 Å². The van der Waals surface area contributed by atoms with Crippen LogP contribution in [0.4, 0.5) is 5.00 Å². The number of anilines is 1. The second-order valence-corrected chi connectivity index (χ2v) is 8.07. The van der Waals surface area contributed by atoms with Crippen molar-refractivity contribution in [3.8, 4) is 11.1 Å². The van der Waals surface area contributed by atoms with Gasteiger partial charge < -0.3 is 10.1 Å². The molecule has 1 fully saturated rings. The van der Waals surface area contributed by atoms with Gasteiger partial charge in [0.1, 0.15) is 10.6 Å². The van der Waals surface area contributed by atoms with Crippen molar-refractivity contribution in [2.75, 3.05) is 25.5 Å². The van der Waals surface area contributed by atoms with E-state index in [4.69, 9.17) is 4.74 Å². The summed E-state index contributed by atoms with van der Waals surface area (Å²) in [5.74, 6) is -0.501. The zero-order chi connectivity index (χ0) is 19.9. The van der Waals surface area contributed by atoms with Gasteiger partial charge in [-0.2, -0.15) is 0 Å². The lowest BCUT2D eigenvalue weighted by Gasteiger charge is -2.30. The van der Waals surface area contributed by atoms with E-state index < -0.39 is 5.97 Å². The lowest BCUT2D eigenvalue weighted by atomic mass is 9.94. The van der Waals surface area contributed by atoms with Gasteiger partial charge in [0, 0.05) is 17.0 Å². The van der Waals surface area contributed by atoms with Crippen LogP contribution in [0.15, 0.2) is 35.7 Å². The number of hydrogen-bond donors (Lipinski definition) is 1. The monoisotopic (exact) mass is 400 g/mol. The van der Waals surface area contributed by atoms with Crippen LogP contribution in [0.1, 0.15) is 49.4 Å². The fourth-order valence-electron chi connectivity index (χ4n) is 3.73. The van der Waals surface area contributed by atoms with E-state index in [2.05, 4.69) is 10.2 Å². The van der Waals surface area contributed by atoms with E-state index in [-0.39, 0.29) is 5.91 Å². The minimum absolute atomic E-state index is 0.0971. The highest BCUT2D eigenvalue weighted by atomic mass is 32.1. The Hall–Kier alpha value is -2.18. The van der Waals surface area contributed by atoms with Crippen LogP contribution in [0.5, 0.6) is 0 Å². The number of ether oxygens (including phenoxy) is 1. The van der Waals surface area contributed by atoms with Gasteiger partial charge in [0.05, 0.1) is 13.2 Å². The summed E-state index contributed by atoms with van der Waals surface area (Å²) in [6.45, 7) is 2.40. The number of thiophene rings is 1. The second kappa shape index (κ2) is 9.85. The van der Waals surface area contributed by atoms with E-state index in [0.717, 1.165) is 24.0 Å². The summed E-state index contributed by atoms with van der Waals surface area (Å²) in [6.07, 6.45) is 6.05. The van der Waals surface area contributed by atoms with E-state index in [1.54, 1.807) is 6.92 Å². The Kier molecular flexibility index (Phi) is 7.23. The molecule has 6 heteroatoms. The summed E-state index contributed by atoms with van der Waals surface area (Å²) >= 11 is 1.36. The minimum atomic E-state index is -0.404. The van der Waals surface area contributed by atoms with Gasteiger partial charge in [-0.25, -0.2) is 4.79 Å². The predicted octanol–water partition coefficient (Wildman–Crippen LogP) is 4.79. The Morgan fingerprint density at radius 3 is 2.57 bits per heavy atom. The van der Waals surface area contributed by atoms with Crippen LogP contribution in [0, 0.1) is 0 Å². The van der Waals surface area contributed by atoms with Gasteiger partial charge in [-0.15, -0.1) is 11.3 Å². The zero-order valence-corrected chi connectivity index (χ0v) is 17.4. The van der Waals surface area contributed by atoms with Gasteiger partial charge in [-0.1, -0.05) is 49.6 Å². The molecule has 1 amide bonds. The average molecular weight is 401 g/mol. The first-order valence-corrected chi connectivity index (χ1v) is 10.8. The number of benzene rings is 1. The molecule has 3 rings (SSSR count). The van der Waals surface area contributed by atoms with Gasteiger partial charge in [0.2, 0.25) is 5.91 Å². The summed E-state index contributed by atoms with van der Waals surface area (Å²) in [5.41, 5.74) is 2.16. The molecule has 0 unspecified atom stereocenters. The normalized spacial score (nSPS) is 14.8. The Bertz CT molecular complexity index is 797. The highest BCUT2D eigenvalue weighted by Crippen LogP contribution is 2.36. The molecule has 0 spiro atoms. The standard InChI is InChI=1S/C22H28N2O3S/c1-3-27-22(26)20-18(16-10-6-4-7-11-16)15-28-21(20)23-19(25)14-24(2)17-12-8-5-9-13-17/h4,6-7,10-11,15,17H,3,5,8-9,12-14H2,1-2H3,(H,23,25). The molecule has 0 atom stereocenters. The molecule has 2 aromatic rings. The number of esters is 1. The van der Waals surface area contributed by atoms with Gasteiger partial charge in [-0.05, 0) is 32.4 Å². The number of hydrogen-bond acceptors (Lipinski definition) is 5. The quantitative estimate of drug-likeness (QED) is 0.679. The van der Waals surface area contributed by atoms with Gasteiger partial charge in [0.25, 0.3) is 0 Å². The first-order chi connectivity index (χ1) is 13.6. The molecule has 150 valence electrons. The third-order valence-electron chi connectivity index (χ3n) is 5.20. The predicted molar refractivity (Wildman–Crippen MR) is 114 cm³/mol. The first kappa shape index (κ1) is 20.6. The van der Waals surface area contributed by atoms with Crippen molar-refractivity contribution >= 4 is 28.2 Å². The Morgan fingerprint density at radius 2 is 1.89 bits per heavy atom. The molecule has 28 heavy (non-hydrogen) atoms. The molecule has 0 aliphatic heterocycles. The molecular weight excluding hydrogens is 372 g/mol. The van der Waals surface area contributed by atoms with Crippen LogP contribution in [0.3, 0.4) is 0 Å². The average Bonchev–Trinajstić information content (AvgIpc) is 3.13. The fraction of sp³-hybridized carbons (Fsp3) is 0.455. The van der Waals surface area contributed by atoms with E-state index in [9.17, 15) is 9.59 Å². The van der Waals surface area contributed by atoms with Crippen LogP contribution in [-0.2, 0) is 9.53 Å². The van der Waals surface area contributed by atoms with Crippen LogP contribution in [-0.4, -0.2) is 43.0 Å². The molecule has 1 N–H and O–H groups in total. The molecule has 0 saturated heterocycles. The number of nitrogens with one attached hydrogen (secondary N) is 1. The molecular formula is C22H28N2O3S. The number of carbonyl (C=O) groups is 2. The second-order valence-electron chi connectivity index (χ2n) is 7.20. The lowest BCUT2D eigenvalue weighted by molar-refractivity contribution is -0.117. The van der Waals surface area contributed by atoms with Crippen LogP contribution >= 0.6 is 11.3 Å². The zero-order valence-electron chi connectivity index (χ0n) is 16.6. The van der Waals surface area contributed by atoms with Crippen LogP contribution < -0.4 is 5.32 Å². The van der Waals surface area contributed by atoms with Crippen molar-refractivity contribution in [3.05, 3.63) is 41.3 Å². The number of nitrogens with zero attached hydrogens (tertiary/aromatic N) is 1. The fourth-order valence-corrected chi connectivity index (χ4v) is 4.70. The highest BCUT2D eigenvalue weighted by molar-refractivity contribution is 7.15. The van der Waals surface area contributed by atoms with E-state index in [0.29, 0.717) is 29.8 Å². The van der Waals surface area contributed by atoms with Crippen molar-refractivity contribution in [2.24, 2.45) is 0 Å². The SMILES string of the molecule is CCOC(=O)c1c(-c2ccccc2)csc1NC(=O)CN(C)C1CCCCC1. The third-order valence-corrected chi connectivity index (χ3v) is 6.09. The van der Waals surface area contributed by atoms with Crippen LogP contribution in [0.2, 0.25) is 0 Å². The maximum Gasteiger partial charge on any atom is 0.341 e. The molecule has 1 aromatic carbocycles. The van der Waals surface area contributed by atoms with Crippen molar-refractivity contribution < 1.29 is 14.3 Å². The molecule has 1 aliphatic rings. The Morgan fingerprint density at radius 1 is 1.18 bits per heavy atom. The topological polar surface area (TPSA) is 58.6 Å². The summed E-state index contributed by atoms with van der Waals surface area (Å²) in [4.78, 5) is 27.4. The Labute approximate surface area is 170 Å². The van der Waals surface area contributed by atoms with Gasteiger partial charge in [-0.3, -0.25) is 9.69 Å². The summed E-state index contributed by atoms with van der Waals surface area (Å²) in [7, 11) is 2.01. The largest absolute Gasteiger partial charge is 0.462 e. The van der Waals surface area contributed by atoms with Crippen molar-refractivity contribution in [2.45, 2.75) is 45.1 Å². The first-order valence-electron chi connectivity index (χ1n) is 9.94. The number of likely N-dealkylation sites (N-methyl/N-ethyl adjacent to an activating group) is 1. The molecule has 1 aliphatic carbocycles. The smallest absolute Gasteiger partial charge is 0.341 e. The van der Waals surface area contributed by atoms with Crippen LogP contribution in [0.25, 0.3) is 11.1 Å². The molecule has 1 saturated carbocycles. The minimum Gasteiger partial charge on any atom is -0.462 e. The molecule has 5 nitrogen and oxygen atoms in total. The lowest BCUT2D eigenvalue weighted by Crippen LogP contribution is -2.39. The molecule has 0 bridgehead atoms. The summed E-state index contributed by atoms with van der Waals surface area (Å²) in [6, 6.07) is 10.2. The maximum atomic E-state index is 12.6. The third kappa shape index (κ3) is 5.00. The van der Waals surface area contributed by atoms with E-state index >= 15 is 0 Å².